The van der Waals surface area contributed by atoms with Crippen LogP contribution in [0.4, 0.5) is 0 Å². The average molecular weight is 340 g/mol. The van der Waals surface area contributed by atoms with E-state index in [-0.39, 0.29) is 17.4 Å². The van der Waals surface area contributed by atoms with Crippen molar-refractivity contribution in [3.8, 4) is 10.4 Å². The summed E-state index contributed by atoms with van der Waals surface area (Å²) in [6.07, 6.45) is 2.81. The second kappa shape index (κ2) is 5.71. The molecule has 0 atom stereocenters. The standard InChI is InChI=1S/C20H24N2OS/c1-20(2)12-13-11-17(19(23)22-9-7-14(21)8-10-22)24-18(13)15-5-3-4-6-16(15)20/h3-6,11,14H,7-10,12,21H2,1-2H3. The molecule has 2 N–H and O–H groups in total. The van der Waals surface area contributed by atoms with Gasteiger partial charge in [0.25, 0.3) is 5.91 Å². The smallest absolute Gasteiger partial charge is 0.263 e. The Hall–Kier alpha value is -1.65. The summed E-state index contributed by atoms with van der Waals surface area (Å²) in [6, 6.07) is 11.0. The van der Waals surface area contributed by atoms with Crippen LogP contribution in [0.5, 0.6) is 0 Å². The van der Waals surface area contributed by atoms with Gasteiger partial charge >= 0.3 is 0 Å². The van der Waals surface area contributed by atoms with Crippen molar-refractivity contribution in [2.75, 3.05) is 13.1 Å². The molecule has 3 nitrogen and oxygen atoms in total. The zero-order chi connectivity index (χ0) is 16.9. The van der Waals surface area contributed by atoms with E-state index in [1.807, 2.05) is 4.90 Å². The number of benzene rings is 1. The van der Waals surface area contributed by atoms with Crippen LogP contribution < -0.4 is 5.73 Å². The lowest BCUT2D eigenvalue weighted by atomic mass is 9.73. The van der Waals surface area contributed by atoms with E-state index < -0.39 is 0 Å². The number of piperidine rings is 1. The molecule has 24 heavy (non-hydrogen) atoms. The molecule has 0 unspecified atom stereocenters. The first kappa shape index (κ1) is 15.9. The Morgan fingerprint density at radius 3 is 2.71 bits per heavy atom. The third kappa shape index (κ3) is 2.58. The lowest BCUT2D eigenvalue weighted by Gasteiger charge is -2.32. The highest BCUT2D eigenvalue weighted by Crippen LogP contribution is 2.46. The van der Waals surface area contributed by atoms with Gasteiger partial charge in [-0.3, -0.25) is 4.79 Å². The van der Waals surface area contributed by atoms with Crippen LogP contribution in [0.25, 0.3) is 10.4 Å². The zero-order valence-corrected chi connectivity index (χ0v) is 15.2. The third-order valence-corrected chi connectivity index (χ3v) is 6.58. The van der Waals surface area contributed by atoms with E-state index in [0.717, 1.165) is 37.2 Å². The van der Waals surface area contributed by atoms with Crippen LogP contribution in [0.1, 0.15) is 47.5 Å². The van der Waals surface area contributed by atoms with Crippen LogP contribution >= 0.6 is 11.3 Å². The van der Waals surface area contributed by atoms with Gasteiger partial charge in [-0.25, -0.2) is 0 Å². The molecule has 4 heteroatoms. The number of rotatable bonds is 1. The SMILES string of the molecule is CC1(C)Cc2cc(C(=O)N3CCC(N)CC3)sc2-c2ccccc21. The van der Waals surface area contributed by atoms with Crippen molar-refractivity contribution in [1.82, 2.24) is 4.90 Å². The molecule has 0 radical (unpaired) electrons. The second-order valence-corrected chi connectivity index (χ2v) is 8.75. The number of carbonyl (C=O) groups is 1. The van der Waals surface area contributed by atoms with Gasteiger partial charge in [0.2, 0.25) is 0 Å². The van der Waals surface area contributed by atoms with E-state index in [9.17, 15) is 4.79 Å². The summed E-state index contributed by atoms with van der Waals surface area (Å²) in [4.78, 5) is 17.0. The van der Waals surface area contributed by atoms with E-state index in [2.05, 4.69) is 44.2 Å². The van der Waals surface area contributed by atoms with Crippen molar-refractivity contribution in [1.29, 1.82) is 0 Å². The minimum absolute atomic E-state index is 0.114. The minimum atomic E-state index is 0.114. The molecule has 1 aromatic heterocycles. The largest absolute Gasteiger partial charge is 0.338 e. The van der Waals surface area contributed by atoms with Crippen LogP contribution in [0, 0.1) is 0 Å². The van der Waals surface area contributed by atoms with Crippen LogP contribution in [0.2, 0.25) is 0 Å². The van der Waals surface area contributed by atoms with Gasteiger partial charge in [0.15, 0.2) is 0 Å². The van der Waals surface area contributed by atoms with Crippen LogP contribution in [-0.2, 0) is 11.8 Å². The number of hydrogen-bond donors (Lipinski definition) is 1. The van der Waals surface area contributed by atoms with Crippen molar-refractivity contribution in [2.24, 2.45) is 5.73 Å². The number of carbonyl (C=O) groups excluding carboxylic acids is 1. The molecule has 126 valence electrons. The Balaban J connectivity index is 1.69. The molecule has 2 heterocycles. The number of amides is 1. The fourth-order valence-corrected chi connectivity index (χ4v) is 5.18. The fourth-order valence-electron chi connectivity index (χ4n) is 3.99. The van der Waals surface area contributed by atoms with Crippen molar-refractivity contribution >= 4 is 17.2 Å². The molecule has 1 fully saturated rings. The summed E-state index contributed by atoms with van der Waals surface area (Å²) in [6.45, 7) is 6.15. The molecule has 1 aromatic carbocycles. The predicted molar refractivity (Wildman–Crippen MR) is 99.6 cm³/mol. The van der Waals surface area contributed by atoms with Gasteiger partial charge in [-0.15, -0.1) is 11.3 Å². The van der Waals surface area contributed by atoms with Crippen LogP contribution in [0.3, 0.4) is 0 Å². The molecule has 4 rings (SSSR count). The highest BCUT2D eigenvalue weighted by atomic mass is 32.1. The minimum Gasteiger partial charge on any atom is -0.338 e. The number of thiophene rings is 1. The number of hydrogen-bond acceptors (Lipinski definition) is 3. The Labute approximate surface area is 147 Å². The van der Waals surface area contributed by atoms with E-state index in [0.29, 0.717) is 0 Å². The Morgan fingerprint density at radius 1 is 1.25 bits per heavy atom. The maximum atomic E-state index is 12.9. The van der Waals surface area contributed by atoms with Crippen molar-refractivity contribution in [3.63, 3.8) is 0 Å². The number of fused-ring (bicyclic) bond motifs is 3. The zero-order valence-electron chi connectivity index (χ0n) is 14.3. The lowest BCUT2D eigenvalue weighted by Crippen LogP contribution is -2.42. The normalized spacial score (nSPS) is 19.7. The van der Waals surface area contributed by atoms with E-state index in [1.165, 1.54) is 21.6 Å². The summed E-state index contributed by atoms with van der Waals surface area (Å²) in [5.74, 6) is 0.177. The highest BCUT2D eigenvalue weighted by Gasteiger charge is 2.33. The summed E-state index contributed by atoms with van der Waals surface area (Å²) < 4.78 is 0. The van der Waals surface area contributed by atoms with Gasteiger partial charge < -0.3 is 10.6 Å². The number of nitrogens with two attached hydrogens (primary N) is 1. The predicted octanol–water partition coefficient (Wildman–Crippen LogP) is 3.81. The molecule has 0 bridgehead atoms. The molecule has 1 aliphatic heterocycles. The summed E-state index contributed by atoms with van der Waals surface area (Å²) in [5.41, 5.74) is 10.1. The molecule has 0 saturated carbocycles. The molecule has 1 saturated heterocycles. The molecule has 0 spiro atoms. The van der Waals surface area contributed by atoms with E-state index in [1.54, 1.807) is 11.3 Å². The molecule has 1 aliphatic carbocycles. The number of likely N-dealkylation sites (tertiary alicyclic amines) is 1. The maximum Gasteiger partial charge on any atom is 0.263 e. The quantitative estimate of drug-likeness (QED) is 0.858. The van der Waals surface area contributed by atoms with Gasteiger partial charge in [-0.2, -0.15) is 0 Å². The van der Waals surface area contributed by atoms with Crippen molar-refractivity contribution in [3.05, 3.63) is 46.3 Å². The molecular formula is C20H24N2OS. The van der Waals surface area contributed by atoms with E-state index >= 15 is 0 Å². The van der Waals surface area contributed by atoms with E-state index in [4.69, 9.17) is 5.73 Å². The first-order valence-electron chi connectivity index (χ1n) is 8.73. The first-order valence-corrected chi connectivity index (χ1v) is 9.55. The first-order chi connectivity index (χ1) is 11.5. The topological polar surface area (TPSA) is 46.3 Å². The van der Waals surface area contributed by atoms with Gasteiger partial charge in [-0.1, -0.05) is 38.1 Å². The number of nitrogens with zero attached hydrogens (tertiary/aromatic N) is 1. The Morgan fingerprint density at radius 2 is 1.96 bits per heavy atom. The second-order valence-electron chi connectivity index (χ2n) is 7.70. The molecular weight excluding hydrogens is 316 g/mol. The van der Waals surface area contributed by atoms with Gasteiger partial charge in [0, 0.05) is 24.0 Å². The van der Waals surface area contributed by atoms with Gasteiger partial charge in [0.05, 0.1) is 4.88 Å². The summed E-state index contributed by atoms with van der Waals surface area (Å²) >= 11 is 1.66. The average Bonchev–Trinajstić information content (AvgIpc) is 2.98. The maximum absolute atomic E-state index is 12.9. The summed E-state index contributed by atoms with van der Waals surface area (Å²) in [5, 5.41) is 0. The van der Waals surface area contributed by atoms with Crippen molar-refractivity contribution < 1.29 is 4.79 Å². The fraction of sp³-hybridized carbons (Fsp3) is 0.450. The van der Waals surface area contributed by atoms with Gasteiger partial charge in [0.1, 0.15) is 0 Å². The molecule has 2 aromatic rings. The molecule has 1 amide bonds. The monoisotopic (exact) mass is 340 g/mol. The van der Waals surface area contributed by atoms with Crippen LogP contribution in [-0.4, -0.2) is 29.9 Å². The van der Waals surface area contributed by atoms with Crippen molar-refractivity contribution in [2.45, 2.75) is 44.6 Å². The Kier molecular flexibility index (Phi) is 3.77. The van der Waals surface area contributed by atoms with Crippen LogP contribution in [0.15, 0.2) is 30.3 Å². The molecule has 2 aliphatic rings. The highest BCUT2D eigenvalue weighted by molar-refractivity contribution is 7.17. The Bertz CT molecular complexity index is 785. The summed E-state index contributed by atoms with van der Waals surface area (Å²) in [7, 11) is 0. The van der Waals surface area contributed by atoms with Gasteiger partial charge in [-0.05, 0) is 47.4 Å². The lowest BCUT2D eigenvalue weighted by molar-refractivity contribution is 0.0719. The third-order valence-electron chi connectivity index (χ3n) is 5.38.